The second-order valence-electron chi connectivity index (χ2n) is 12.4. The quantitative estimate of drug-likeness (QED) is 0.213. The Morgan fingerprint density at radius 3 is 2.42 bits per heavy atom. The molecule has 0 saturated carbocycles. The first-order valence-electron chi connectivity index (χ1n) is 13.3. The molecule has 40 heavy (non-hydrogen) atoms. The Bertz CT molecular complexity index is 1340. The molecule has 3 aliphatic carbocycles. The second kappa shape index (κ2) is 10.2. The fourth-order valence-corrected chi connectivity index (χ4v) is 6.43. The predicted octanol–water partition coefficient (Wildman–Crippen LogP) is 1.66. The molecule has 0 heterocycles. The van der Waals surface area contributed by atoms with Gasteiger partial charge in [0.15, 0.2) is 11.4 Å². The zero-order valence-electron chi connectivity index (χ0n) is 23.8. The van der Waals surface area contributed by atoms with Crippen LogP contribution >= 0.6 is 0 Å². The number of nitrogens with one attached hydrogen (secondary N) is 1. The summed E-state index contributed by atoms with van der Waals surface area (Å²) in [4.78, 5) is 40.8. The SMILES string of the molecule is COc1c(CNCCC(C)(C)C)cc(O)c2c1C[C@H]1C[C@H]3[C@H](N(C)C)C(O)=C(C(N)=O)C(=O)[C@@]3(O)C(O)=C1C2=O. The summed E-state index contributed by atoms with van der Waals surface area (Å²) < 4.78 is 5.72. The summed E-state index contributed by atoms with van der Waals surface area (Å²) in [7, 11) is 4.66. The van der Waals surface area contributed by atoms with Gasteiger partial charge in [-0.3, -0.25) is 19.3 Å². The lowest BCUT2D eigenvalue weighted by Crippen LogP contribution is -2.63. The van der Waals surface area contributed by atoms with Crippen LogP contribution in [0.15, 0.2) is 28.7 Å². The average Bonchev–Trinajstić information content (AvgIpc) is 2.83. The van der Waals surface area contributed by atoms with Crippen LogP contribution in [0.25, 0.3) is 0 Å². The van der Waals surface area contributed by atoms with Crippen LogP contribution in [-0.4, -0.2) is 82.2 Å². The number of phenolic OH excluding ortho intramolecular Hbond substituents is 1. The number of hydrogen-bond acceptors (Lipinski definition) is 10. The number of rotatable bonds is 7. The number of aromatic hydroxyl groups is 1. The Hall–Kier alpha value is -3.41. The first-order valence-corrected chi connectivity index (χ1v) is 13.3. The van der Waals surface area contributed by atoms with Crippen molar-refractivity contribution in [3.63, 3.8) is 0 Å². The number of phenols is 1. The van der Waals surface area contributed by atoms with E-state index in [9.17, 15) is 34.8 Å². The van der Waals surface area contributed by atoms with Crippen molar-refractivity contribution in [2.24, 2.45) is 23.0 Å². The molecule has 0 fully saturated rings. The smallest absolute Gasteiger partial charge is 0.255 e. The number of hydrogen-bond donors (Lipinski definition) is 6. The van der Waals surface area contributed by atoms with Crippen LogP contribution < -0.4 is 15.8 Å². The van der Waals surface area contributed by atoms with E-state index in [1.54, 1.807) is 14.1 Å². The lowest BCUT2D eigenvalue weighted by molar-refractivity contribution is -0.148. The van der Waals surface area contributed by atoms with E-state index in [1.807, 2.05) is 0 Å². The molecule has 0 spiro atoms. The summed E-state index contributed by atoms with van der Waals surface area (Å²) in [6.45, 7) is 7.55. The number of nitrogens with two attached hydrogens (primary N) is 1. The molecule has 0 radical (unpaired) electrons. The van der Waals surface area contributed by atoms with Gasteiger partial charge >= 0.3 is 0 Å². The van der Waals surface area contributed by atoms with E-state index >= 15 is 0 Å². The number of aliphatic hydroxyl groups excluding tert-OH is 2. The Kier molecular flexibility index (Phi) is 7.55. The molecule has 4 rings (SSSR count). The molecule has 1 aromatic carbocycles. The summed E-state index contributed by atoms with van der Waals surface area (Å²) in [6, 6.07) is 0.400. The maximum Gasteiger partial charge on any atom is 0.255 e. The number of carbonyl (C=O) groups is 3. The van der Waals surface area contributed by atoms with Crippen LogP contribution in [-0.2, 0) is 22.6 Å². The maximum absolute atomic E-state index is 13.8. The first-order chi connectivity index (χ1) is 18.6. The molecule has 0 aromatic heterocycles. The van der Waals surface area contributed by atoms with Gasteiger partial charge in [-0.1, -0.05) is 20.8 Å². The van der Waals surface area contributed by atoms with E-state index in [0.29, 0.717) is 23.4 Å². The number of methoxy groups -OCH3 is 1. The van der Waals surface area contributed by atoms with Gasteiger partial charge in [0.25, 0.3) is 5.91 Å². The highest BCUT2D eigenvalue weighted by atomic mass is 16.5. The van der Waals surface area contributed by atoms with Crippen molar-refractivity contribution in [1.82, 2.24) is 10.2 Å². The van der Waals surface area contributed by atoms with E-state index in [1.165, 1.54) is 18.1 Å². The molecule has 11 nitrogen and oxygen atoms in total. The molecule has 4 atom stereocenters. The number of Topliss-reactive ketones (excluding diaryl/α,β-unsaturated/α-hetero) is 2. The van der Waals surface area contributed by atoms with E-state index in [-0.39, 0.29) is 35.1 Å². The highest BCUT2D eigenvalue weighted by molar-refractivity contribution is 6.24. The molecule has 1 aromatic rings. The number of primary amides is 1. The van der Waals surface area contributed by atoms with Gasteiger partial charge in [0, 0.05) is 29.2 Å². The normalized spacial score (nSPS) is 26.6. The van der Waals surface area contributed by atoms with Gasteiger partial charge < -0.3 is 36.2 Å². The number of benzene rings is 1. The Morgan fingerprint density at radius 2 is 1.88 bits per heavy atom. The number of likely N-dealkylation sites (N-methyl/N-ethyl adjacent to an activating group) is 1. The van der Waals surface area contributed by atoms with Gasteiger partial charge in [-0.25, -0.2) is 0 Å². The van der Waals surface area contributed by atoms with Gasteiger partial charge in [0.2, 0.25) is 5.78 Å². The minimum atomic E-state index is -2.67. The molecular formula is C29H39N3O8. The van der Waals surface area contributed by atoms with Crippen molar-refractivity contribution in [2.45, 2.75) is 58.2 Å². The highest BCUT2D eigenvalue weighted by Crippen LogP contribution is 2.53. The van der Waals surface area contributed by atoms with Crippen molar-refractivity contribution in [1.29, 1.82) is 0 Å². The van der Waals surface area contributed by atoms with Gasteiger partial charge in [-0.15, -0.1) is 0 Å². The Morgan fingerprint density at radius 1 is 1.23 bits per heavy atom. The van der Waals surface area contributed by atoms with Gasteiger partial charge in [-0.05, 0) is 57.3 Å². The van der Waals surface area contributed by atoms with Gasteiger partial charge in [-0.2, -0.15) is 0 Å². The average molecular weight is 558 g/mol. The fourth-order valence-electron chi connectivity index (χ4n) is 6.43. The van der Waals surface area contributed by atoms with E-state index in [0.717, 1.165) is 13.0 Å². The summed E-state index contributed by atoms with van der Waals surface area (Å²) in [5.41, 5.74) is 2.86. The zero-order valence-corrected chi connectivity index (χ0v) is 23.8. The monoisotopic (exact) mass is 557 g/mol. The van der Waals surface area contributed by atoms with Gasteiger partial charge in [0.1, 0.15) is 28.6 Å². The third kappa shape index (κ3) is 4.55. The van der Waals surface area contributed by atoms with E-state index in [2.05, 4.69) is 26.1 Å². The minimum absolute atomic E-state index is 0.0176. The summed E-state index contributed by atoms with van der Waals surface area (Å²) in [5, 5.41) is 48.3. The molecule has 0 aliphatic heterocycles. The predicted molar refractivity (Wildman–Crippen MR) is 146 cm³/mol. The van der Waals surface area contributed by atoms with E-state index < -0.39 is 58.0 Å². The van der Waals surface area contributed by atoms with Crippen LogP contribution in [0.4, 0.5) is 0 Å². The van der Waals surface area contributed by atoms with Crippen LogP contribution in [0, 0.1) is 17.3 Å². The maximum atomic E-state index is 13.8. The molecule has 0 saturated heterocycles. The van der Waals surface area contributed by atoms with Crippen molar-refractivity contribution < 1.29 is 39.5 Å². The zero-order chi connectivity index (χ0) is 29.9. The van der Waals surface area contributed by atoms with Crippen LogP contribution in [0.2, 0.25) is 0 Å². The largest absolute Gasteiger partial charge is 0.510 e. The number of aliphatic hydroxyl groups is 3. The van der Waals surface area contributed by atoms with Crippen LogP contribution in [0.1, 0.15) is 55.1 Å². The summed E-state index contributed by atoms with van der Waals surface area (Å²) in [6.07, 6.45) is 1.11. The second-order valence-corrected chi connectivity index (χ2v) is 12.4. The minimum Gasteiger partial charge on any atom is -0.510 e. The number of amides is 1. The molecule has 0 unspecified atom stereocenters. The topological polar surface area (TPSA) is 183 Å². The molecule has 1 amide bonds. The Balaban J connectivity index is 1.81. The van der Waals surface area contributed by atoms with Crippen molar-refractivity contribution >= 4 is 17.5 Å². The van der Waals surface area contributed by atoms with Crippen LogP contribution in [0.5, 0.6) is 11.5 Å². The molecular weight excluding hydrogens is 518 g/mol. The van der Waals surface area contributed by atoms with Crippen molar-refractivity contribution in [3.05, 3.63) is 45.4 Å². The number of nitrogens with zero attached hydrogens (tertiary/aromatic N) is 1. The first kappa shape index (κ1) is 29.6. The molecule has 218 valence electrons. The lowest BCUT2D eigenvalue weighted by atomic mass is 9.58. The number of fused-ring (bicyclic) bond motifs is 3. The van der Waals surface area contributed by atoms with E-state index in [4.69, 9.17) is 10.5 Å². The molecule has 7 N–H and O–H groups in total. The molecule has 0 bridgehead atoms. The summed E-state index contributed by atoms with van der Waals surface area (Å²) in [5.74, 6) is -6.37. The summed E-state index contributed by atoms with van der Waals surface area (Å²) >= 11 is 0. The number of allylic oxidation sites excluding steroid dienone is 1. The molecule has 11 heteroatoms. The van der Waals surface area contributed by atoms with Crippen molar-refractivity contribution in [2.75, 3.05) is 27.7 Å². The lowest BCUT2D eigenvalue weighted by Gasteiger charge is -2.50. The Labute approximate surface area is 233 Å². The molecule has 3 aliphatic rings. The third-order valence-electron chi connectivity index (χ3n) is 8.32. The van der Waals surface area contributed by atoms with Crippen molar-refractivity contribution in [3.8, 4) is 11.5 Å². The fraction of sp³-hybridized carbons (Fsp3) is 0.552. The van der Waals surface area contributed by atoms with Crippen LogP contribution in [0.3, 0.4) is 0 Å². The highest BCUT2D eigenvalue weighted by Gasteiger charge is 2.63. The standard InChI is InChI=1S/C29H39N3O8/c1-28(2,3)7-8-31-12-14-11-17(33)19-15(24(14)40-6)9-13-10-16-21(32(4)5)23(35)20(27(30)38)26(37)29(16,39)25(36)18(13)22(19)34/h11,13,16,21,31,33,35-36,39H,7-10,12H2,1-6H3,(H2,30,38)/t13-,16-,21-,29-/m0/s1. The third-order valence-corrected chi connectivity index (χ3v) is 8.32. The number of ether oxygens (including phenoxy) is 1. The van der Waals surface area contributed by atoms with Gasteiger partial charge in [0.05, 0.1) is 18.7 Å². The number of ketones is 2. The number of carbonyl (C=O) groups excluding carboxylic acids is 3.